The second-order valence-corrected chi connectivity index (χ2v) is 5.76. The third-order valence-corrected chi connectivity index (χ3v) is 4.38. The number of hydrogen-bond donors (Lipinski definition) is 0. The van der Waals surface area contributed by atoms with Gasteiger partial charge in [0.1, 0.15) is 5.75 Å². The van der Waals surface area contributed by atoms with Gasteiger partial charge in [0.25, 0.3) is 5.91 Å². The highest BCUT2D eigenvalue weighted by Crippen LogP contribution is 2.28. The Morgan fingerprint density at radius 3 is 2.89 bits per heavy atom. The van der Waals surface area contributed by atoms with Crippen molar-refractivity contribution in [3.05, 3.63) is 28.2 Å². The van der Waals surface area contributed by atoms with E-state index in [1.165, 1.54) is 6.42 Å². The number of piperidine rings is 1. The average Bonchev–Trinajstić information content (AvgIpc) is 2.46. The Morgan fingerprint density at radius 2 is 2.26 bits per heavy atom. The fraction of sp³-hybridized carbons (Fsp3) is 0.533. The summed E-state index contributed by atoms with van der Waals surface area (Å²) in [5, 5.41) is 0. The lowest BCUT2D eigenvalue weighted by molar-refractivity contribution is 0.0608. The van der Waals surface area contributed by atoms with Gasteiger partial charge in [0.05, 0.1) is 11.6 Å². The maximum atomic E-state index is 12.6. The molecule has 0 radical (unpaired) electrons. The number of carbonyl (C=O) groups excluding carboxylic acids is 1. The van der Waals surface area contributed by atoms with Crippen LogP contribution in [-0.4, -0.2) is 30.5 Å². The van der Waals surface area contributed by atoms with Gasteiger partial charge < -0.3 is 9.64 Å². The second kappa shape index (κ2) is 6.42. The third kappa shape index (κ3) is 3.11. The van der Waals surface area contributed by atoms with Gasteiger partial charge in [-0.25, -0.2) is 0 Å². The average molecular weight is 326 g/mol. The van der Waals surface area contributed by atoms with Gasteiger partial charge in [-0.3, -0.25) is 4.79 Å². The molecule has 1 aliphatic rings. The van der Waals surface area contributed by atoms with Crippen molar-refractivity contribution in [3.63, 3.8) is 0 Å². The molecule has 1 fully saturated rings. The largest absolute Gasteiger partial charge is 0.496 e. The highest BCUT2D eigenvalue weighted by molar-refractivity contribution is 9.10. The summed E-state index contributed by atoms with van der Waals surface area (Å²) in [5.41, 5.74) is 0.730. The van der Waals surface area contributed by atoms with Crippen LogP contribution in [0.5, 0.6) is 5.75 Å². The van der Waals surface area contributed by atoms with Gasteiger partial charge in [-0.15, -0.1) is 0 Å². The van der Waals surface area contributed by atoms with E-state index in [0.717, 1.165) is 41.6 Å². The summed E-state index contributed by atoms with van der Waals surface area (Å²) in [6.07, 6.45) is 4.50. The number of benzene rings is 1. The third-order valence-electron chi connectivity index (χ3n) is 3.76. The number of likely N-dealkylation sites (tertiary alicyclic amines) is 1. The summed E-state index contributed by atoms with van der Waals surface area (Å²) in [5.74, 6) is 0.886. The number of rotatable bonds is 3. The molecule has 0 aliphatic carbocycles. The zero-order chi connectivity index (χ0) is 13.8. The van der Waals surface area contributed by atoms with Crippen LogP contribution < -0.4 is 4.74 Å². The second-order valence-electron chi connectivity index (χ2n) is 4.91. The molecule has 0 saturated carbocycles. The fourth-order valence-corrected chi connectivity index (χ4v) is 3.20. The van der Waals surface area contributed by atoms with Crippen molar-refractivity contribution in [3.8, 4) is 5.75 Å². The molecule has 19 heavy (non-hydrogen) atoms. The fourth-order valence-electron chi connectivity index (χ4n) is 2.66. The first-order valence-electron chi connectivity index (χ1n) is 6.82. The summed E-state index contributed by atoms with van der Waals surface area (Å²) < 4.78 is 6.02. The van der Waals surface area contributed by atoms with Gasteiger partial charge in [-0.1, -0.05) is 6.92 Å². The molecule has 1 saturated heterocycles. The number of amides is 1. The molecular weight excluding hydrogens is 306 g/mol. The van der Waals surface area contributed by atoms with Gasteiger partial charge >= 0.3 is 0 Å². The smallest absolute Gasteiger partial charge is 0.254 e. The van der Waals surface area contributed by atoms with Gasteiger partial charge in [0, 0.05) is 18.2 Å². The van der Waals surface area contributed by atoms with Crippen LogP contribution in [-0.2, 0) is 0 Å². The van der Waals surface area contributed by atoms with Crippen LogP contribution >= 0.6 is 15.9 Å². The number of halogens is 1. The van der Waals surface area contributed by atoms with Crippen molar-refractivity contribution in [2.45, 2.75) is 38.6 Å². The summed E-state index contributed by atoms with van der Waals surface area (Å²) in [6, 6.07) is 5.92. The Morgan fingerprint density at radius 1 is 1.47 bits per heavy atom. The Labute approximate surface area is 123 Å². The Hall–Kier alpha value is -1.03. The van der Waals surface area contributed by atoms with Crippen LogP contribution in [0.4, 0.5) is 0 Å². The first-order chi connectivity index (χ1) is 9.17. The van der Waals surface area contributed by atoms with E-state index in [4.69, 9.17) is 4.74 Å². The summed E-state index contributed by atoms with van der Waals surface area (Å²) >= 11 is 3.44. The number of carbonyl (C=O) groups is 1. The maximum Gasteiger partial charge on any atom is 0.254 e. The van der Waals surface area contributed by atoms with E-state index in [-0.39, 0.29) is 5.91 Å². The van der Waals surface area contributed by atoms with Crippen molar-refractivity contribution >= 4 is 21.8 Å². The molecule has 1 atom stereocenters. The lowest BCUT2D eigenvalue weighted by Gasteiger charge is -2.35. The number of nitrogens with zero attached hydrogens (tertiary/aromatic N) is 1. The molecular formula is C15H20BrNO2. The van der Waals surface area contributed by atoms with Crippen molar-refractivity contribution in [1.82, 2.24) is 4.90 Å². The minimum Gasteiger partial charge on any atom is -0.496 e. The van der Waals surface area contributed by atoms with Crippen molar-refractivity contribution in [2.24, 2.45) is 0 Å². The van der Waals surface area contributed by atoms with Crippen LogP contribution in [0.25, 0.3) is 0 Å². The van der Waals surface area contributed by atoms with Gasteiger partial charge in [0.2, 0.25) is 0 Å². The summed E-state index contributed by atoms with van der Waals surface area (Å²) in [6.45, 7) is 3.03. The van der Waals surface area contributed by atoms with Crippen molar-refractivity contribution < 1.29 is 9.53 Å². The first-order valence-corrected chi connectivity index (χ1v) is 7.61. The first kappa shape index (κ1) is 14.4. The van der Waals surface area contributed by atoms with Crippen LogP contribution in [0.15, 0.2) is 22.7 Å². The Kier molecular flexibility index (Phi) is 4.86. The van der Waals surface area contributed by atoms with Crippen LogP contribution in [0.1, 0.15) is 43.0 Å². The molecule has 1 heterocycles. The molecule has 3 nitrogen and oxygen atoms in total. The van der Waals surface area contributed by atoms with E-state index in [0.29, 0.717) is 6.04 Å². The molecule has 1 unspecified atom stereocenters. The Balaban J connectivity index is 2.20. The van der Waals surface area contributed by atoms with E-state index in [1.54, 1.807) is 7.11 Å². The zero-order valence-corrected chi connectivity index (χ0v) is 13.1. The highest BCUT2D eigenvalue weighted by Gasteiger charge is 2.26. The van der Waals surface area contributed by atoms with Crippen LogP contribution in [0.2, 0.25) is 0 Å². The van der Waals surface area contributed by atoms with Crippen molar-refractivity contribution in [1.29, 1.82) is 0 Å². The van der Waals surface area contributed by atoms with Gasteiger partial charge in [0.15, 0.2) is 0 Å². The molecule has 4 heteroatoms. The molecule has 0 spiro atoms. The van der Waals surface area contributed by atoms with E-state index in [1.807, 2.05) is 23.1 Å². The lowest BCUT2D eigenvalue weighted by atomic mass is 9.99. The molecule has 0 N–H and O–H groups in total. The molecule has 1 aliphatic heterocycles. The number of methoxy groups -OCH3 is 1. The molecule has 1 amide bonds. The van der Waals surface area contributed by atoms with Crippen LogP contribution in [0.3, 0.4) is 0 Å². The standard InChI is InChI=1S/C15H20BrNO2/c1-3-12-6-4-5-9-17(12)15(18)11-7-8-14(19-2)13(16)10-11/h7-8,10,12H,3-6,9H2,1-2H3. The van der Waals surface area contributed by atoms with Gasteiger partial charge in [-0.2, -0.15) is 0 Å². The van der Waals surface area contributed by atoms with E-state index < -0.39 is 0 Å². The van der Waals surface area contributed by atoms with Crippen LogP contribution in [0, 0.1) is 0 Å². The van der Waals surface area contributed by atoms with Crippen molar-refractivity contribution in [2.75, 3.05) is 13.7 Å². The molecule has 2 rings (SSSR count). The molecule has 0 bridgehead atoms. The maximum absolute atomic E-state index is 12.6. The number of ether oxygens (including phenoxy) is 1. The van der Waals surface area contributed by atoms with E-state index >= 15 is 0 Å². The van der Waals surface area contributed by atoms with Gasteiger partial charge in [-0.05, 0) is 59.8 Å². The number of hydrogen-bond acceptors (Lipinski definition) is 2. The lowest BCUT2D eigenvalue weighted by Crippen LogP contribution is -2.43. The summed E-state index contributed by atoms with van der Waals surface area (Å²) in [4.78, 5) is 14.6. The SMILES string of the molecule is CCC1CCCCN1C(=O)c1ccc(OC)c(Br)c1. The monoisotopic (exact) mass is 325 g/mol. The normalized spacial score (nSPS) is 19.3. The summed E-state index contributed by atoms with van der Waals surface area (Å²) in [7, 11) is 1.62. The predicted octanol–water partition coefficient (Wildman–Crippen LogP) is 3.86. The van der Waals surface area contributed by atoms with E-state index in [9.17, 15) is 4.79 Å². The molecule has 0 aromatic heterocycles. The quantitative estimate of drug-likeness (QED) is 0.844. The molecule has 104 valence electrons. The van der Waals surface area contributed by atoms with E-state index in [2.05, 4.69) is 22.9 Å². The predicted molar refractivity (Wildman–Crippen MR) is 79.7 cm³/mol. The molecule has 1 aromatic carbocycles. The zero-order valence-electron chi connectivity index (χ0n) is 11.5. The highest BCUT2D eigenvalue weighted by atomic mass is 79.9. The minimum atomic E-state index is 0.134. The molecule has 1 aromatic rings. The Bertz CT molecular complexity index is 461. The topological polar surface area (TPSA) is 29.5 Å². The minimum absolute atomic E-state index is 0.134.